The predicted molar refractivity (Wildman–Crippen MR) is 117 cm³/mol. The van der Waals surface area contributed by atoms with Crippen LogP contribution in [0.25, 0.3) is 0 Å². The zero-order valence-electron chi connectivity index (χ0n) is 16.3. The highest BCUT2D eigenvalue weighted by Crippen LogP contribution is 2.25. The summed E-state index contributed by atoms with van der Waals surface area (Å²) in [4.78, 5) is 26.4. The first kappa shape index (κ1) is 20.0. The monoisotopic (exact) mass is 420 g/mol. The SMILES string of the molecule is O=C(NC(Cc1ccccc1Cl)c1ccccc1)c1cccc(N2CCOC2=O)c1. The lowest BCUT2D eigenvalue weighted by atomic mass is 9.98. The molecule has 152 valence electrons. The van der Waals surface area contributed by atoms with E-state index in [-0.39, 0.29) is 11.9 Å². The van der Waals surface area contributed by atoms with Crippen LogP contribution in [0.5, 0.6) is 0 Å². The van der Waals surface area contributed by atoms with Crippen LogP contribution in [0.1, 0.15) is 27.5 Å². The van der Waals surface area contributed by atoms with Gasteiger partial charge in [-0.3, -0.25) is 9.69 Å². The number of anilines is 1. The van der Waals surface area contributed by atoms with Crippen molar-refractivity contribution in [3.05, 3.63) is 101 Å². The van der Waals surface area contributed by atoms with Gasteiger partial charge in [0.05, 0.1) is 12.6 Å². The van der Waals surface area contributed by atoms with Crippen molar-refractivity contribution < 1.29 is 14.3 Å². The number of halogens is 1. The molecular weight excluding hydrogens is 400 g/mol. The van der Waals surface area contributed by atoms with Gasteiger partial charge in [0.15, 0.2) is 0 Å². The van der Waals surface area contributed by atoms with Crippen LogP contribution >= 0.6 is 11.6 Å². The van der Waals surface area contributed by atoms with Crippen LogP contribution in [0.4, 0.5) is 10.5 Å². The van der Waals surface area contributed by atoms with Crippen LogP contribution in [-0.2, 0) is 11.2 Å². The molecule has 3 aromatic rings. The smallest absolute Gasteiger partial charge is 0.414 e. The fraction of sp³-hybridized carbons (Fsp3) is 0.167. The van der Waals surface area contributed by atoms with Crippen LogP contribution in [0.3, 0.4) is 0 Å². The molecule has 1 aliphatic rings. The molecule has 0 bridgehead atoms. The first-order valence-corrected chi connectivity index (χ1v) is 10.1. The van der Waals surface area contributed by atoms with Crippen LogP contribution in [0, 0.1) is 0 Å². The van der Waals surface area contributed by atoms with E-state index in [1.54, 1.807) is 24.3 Å². The van der Waals surface area contributed by atoms with Gasteiger partial charge in [-0.15, -0.1) is 0 Å². The second kappa shape index (κ2) is 9.01. The highest BCUT2D eigenvalue weighted by atomic mass is 35.5. The second-order valence-corrected chi connectivity index (χ2v) is 7.46. The predicted octanol–water partition coefficient (Wildman–Crippen LogP) is 5.01. The van der Waals surface area contributed by atoms with Gasteiger partial charge < -0.3 is 10.1 Å². The van der Waals surface area contributed by atoms with Crippen LogP contribution < -0.4 is 10.2 Å². The Morgan fingerprint density at radius 1 is 1.03 bits per heavy atom. The Morgan fingerprint density at radius 3 is 2.53 bits per heavy atom. The van der Waals surface area contributed by atoms with Crippen molar-refractivity contribution in [3.8, 4) is 0 Å². The standard InChI is InChI=1S/C24H21ClN2O3/c25-21-12-5-4-9-18(21)16-22(17-7-2-1-3-8-17)26-23(28)19-10-6-11-20(15-19)27-13-14-30-24(27)29/h1-12,15,22H,13-14,16H2,(H,26,28). The molecule has 1 aliphatic heterocycles. The summed E-state index contributed by atoms with van der Waals surface area (Å²) < 4.78 is 4.99. The summed E-state index contributed by atoms with van der Waals surface area (Å²) in [7, 11) is 0. The lowest BCUT2D eigenvalue weighted by Gasteiger charge is -2.21. The number of amides is 2. The minimum Gasteiger partial charge on any atom is -0.447 e. The minimum atomic E-state index is -0.395. The normalized spacial score (nSPS) is 14.3. The van der Waals surface area contributed by atoms with E-state index in [0.29, 0.717) is 35.8 Å². The summed E-state index contributed by atoms with van der Waals surface area (Å²) in [5, 5.41) is 3.79. The number of hydrogen-bond acceptors (Lipinski definition) is 3. The average Bonchev–Trinajstić information content (AvgIpc) is 3.21. The first-order valence-electron chi connectivity index (χ1n) is 9.75. The molecule has 1 fully saturated rings. The third-order valence-electron chi connectivity index (χ3n) is 5.07. The molecule has 30 heavy (non-hydrogen) atoms. The number of ether oxygens (including phenoxy) is 1. The molecule has 2 amide bonds. The molecule has 0 aliphatic carbocycles. The molecule has 0 spiro atoms. The summed E-state index contributed by atoms with van der Waals surface area (Å²) in [5.41, 5.74) is 3.08. The number of nitrogens with zero attached hydrogens (tertiary/aromatic N) is 1. The molecule has 1 heterocycles. The highest BCUT2D eigenvalue weighted by Gasteiger charge is 2.24. The van der Waals surface area contributed by atoms with E-state index in [4.69, 9.17) is 16.3 Å². The van der Waals surface area contributed by atoms with Crippen molar-refractivity contribution in [1.82, 2.24) is 5.32 Å². The fourth-order valence-corrected chi connectivity index (χ4v) is 3.72. The molecule has 3 aromatic carbocycles. The van der Waals surface area contributed by atoms with Gasteiger partial charge in [-0.05, 0) is 41.8 Å². The lowest BCUT2D eigenvalue weighted by molar-refractivity contribution is 0.0936. The maximum Gasteiger partial charge on any atom is 0.414 e. The largest absolute Gasteiger partial charge is 0.447 e. The fourth-order valence-electron chi connectivity index (χ4n) is 3.51. The van der Waals surface area contributed by atoms with Crippen molar-refractivity contribution in [2.24, 2.45) is 0 Å². The quantitative estimate of drug-likeness (QED) is 0.609. The summed E-state index contributed by atoms with van der Waals surface area (Å²) in [6, 6.07) is 24.2. The van der Waals surface area contributed by atoms with Gasteiger partial charge in [0.2, 0.25) is 0 Å². The Balaban J connectivity index is 1.58. The molecule has 1 unspecified atom stereocenters. The number of rotatable bonds is 6. The topological polar surface area (TPSA) is 58.6 Å². The van der Waals surface area contributed by atoms with Crippen molar-refractivity contribution >= 4 is 29.3 Å². The number of hydrogen-bond donors (Lipinski definition) is 1. The molecule has 0 radical (unpaired) electrons. The summed E-state index contributed by atoms with van der Waals surface area (Å²) in [6.07, 6.45) is 0.168. The maximum atomic E-state index is 13.1. The summed E-state index contributed by atoms with van der Waals surface area (Å²) >= 11 is 6.35. The van der Waals surface area contributed by atoms with E-state index in [9.17, 15) is 9.59 Å². The third kappa shape index (κ3) is 4.47. The first-order chi connectivity index (χ1) is 14.6. The van der Waals surface area contributed by atoms with Crippen molar-refractivity contribution in [3.63, 3.8) is 0 Å². The zero-order chi connectivity index (χ0) is 20.9. The van der Waals surface area contributed by atoms with Gasteiger partial charge in [-0.2, -0.15) is 0 Å². The molecule has 1 atom stereocenters. The second-order valence-electron chi connectivity index (χ2n) is 7.05. The van der Waals surface area contributed by atoms with E-state index >= 15 is 0 Å². The van der Waals surface area contributed by atoms with E-state index in [1.807, 2.05) is 54.6 Å². The van der Waals surface area contributed by atoms with Crippen molar-refractivity contribution in [2.45, 2.75) is 12.5 Å². The van der Waals surface area contributed by atoms with Crippen LogP contribution in [0.2, 0.25) is 5.02 Å². The van der Waals surface area contributed by atoms with Gasteiger partial charge >= 0.3 is 6.09 Å². The number of nitrogens with one attached hydrogen (secondary N) is 1. The van der Waals surface area contributed by atoms with E-state index in [0.717, 1.165) is 11.1 Å². The van der Waals surface area contributed by atoms with Gasteiger partial charge in [0.1, 0.15) is 6.61 Å². The Bertz CT molecular complexity index is 1060. The van der Waals surface area contributed by atoms with Crippen LogP contribution in [-0.4, -0.2) is 25.2 Å². The number of carbonyl (C=O) groups excluding carboxylic acids is 2. The Kier molecular flexibility index (Phi) is 6.00. The Morgan fingerprint density at radius 2 is 1.80 bits per heavy atom. The van der Waals surface area contributed by atoms with Gasteiger partial charge in [0.25, 0.3) is 5.91 Å². The van der Waals surface area contributed by atoms with Crippen LogP contribution in [0.15, 0.2) is 78.9 Å². The van der Waals surface area contributed by atoms with Gasteiger partial charge in [0, 0.05) is 16.3 Å². The average molecular weight is 421 g/mol. The minimum absolute atomic E-state index is 0.217. The third-order valence-corrected chi connectivity index (χ3v) is 5.44. The van der Waals surface area contributed by atoms with Crippen molar-refractivity contribution in [2.75, 3.05) is 18.1 Å². The maximum absolute atomic E-state index is 13.1. The molecule has 0 saturated carbocycles. The molecule has 0 aromatic heterocycles. The number of benzene rings is 3. The molecule has 1 saturated heterocycles. The molecule has 6 heteroatoms. The number of cyclic esters (lactones) is 1. The van der Waals surface area contributed by atoms with Gasteiger partial charge in [-0.1, -0.05) is 66.2 Å². The molecular formula is C24H21ClN2O3. The molecule has 5 nitrogen and oxygen atoms in total. The molecule has 1 N–H and O–H groups in total. The van der Waals surface area contributed by atoms with E-state index in [2.05, 4.69) is 5.32 Å². The summed E-state index contributed by atoms with van der Waals surface area (Å²) in [5.74, 6) is -0.217. The Labute approximate surface area is 180 Å². The van der Waals surface area contributed by atoms with Crippen molar-refractivity contribution in [1.29, 1.82) is 0 Å². The Hall–Kier alpha value is -3.31. The lowest BCUT2D eigenvalue weighted by Crippen LogP contribution is -2.30. The summed E-state index contributed by atoms with van der Waals surface area (Å²) in [6.45, 7) is 0.826. The molecule has 4 rings (SSSR count). The zero-order valence-corrected chi connectivity index (χ0v) is 17.0. The van der Waals surface area contributed by atoms with E-state index in [1.165, 1.54) is 4.90 Å². The highest BCUT2D eigenvalue weighted by molar-refractivity contribution is 6.31. The van der Waals surface area contributed by atoms with E-state index < -0.39 is 6.09 Å². The van der Waals surface area contributed by atoms with Gasteiger partial charge in [-0.25, -0.2) is 4.79 Å². The number of carbonyl (C=O) groups is 2.